The molecule has 4 heterocycles. The molecule has 204 valence electrons. The first kappa shape index (κ1) is 26.3. The Kier molecular flexibility index (Phi) is 7.45. The monoisotopic (exact) mass is 554 g/mol. The van der Waals surface area contributed by atoms with Gasteiger partial charge in [0.1, 0.15) is 17.3 Å². The van der Waals surface area contributed by atoms with Gasteiger partial charge >= 0.3 is 0 Å². The summed E-state index contributed by atoms with van der Waals surface area (Å²) in [6.45, 7) is 5.94. The summed E-state index contributed by atoms with van der Waals surface area (Å²) in [5.41, 5.74) is 4.40. The highest BCUT2D eigenvalue weighted by molar-refractivity contribution is 7.17. The van der Waals surface area contributed by atoms with E-state index in [0.29, 0.717) is 29.1 Å². The summed E-state index contributed by atoms with van der Waals surface area (Å²) in [4.78, 5) is 37.5. The number of Topliss-reactive ketones (excluding diaryl/α,β-unsaturated/α-hetero) is 1. The molecule has 0 bridgehead atoms. The van der Waals surface area contributed by atoms with Crippen molar-refractivity contribution >= 4 is 34.5 Å². The van der Waals surface area contributed by atoms with Crippen molar-refractivity contribution in [2.75, 3.05) is 42.5 Å². The summed E-state index contributed by atoms with van der Waals surface area (Å²) in [6, 6.07) is 20.3. The molecule has 1 saturated heterocycles. The number of anilines is 2. The molecule has 2 aliphatic rings. The zero-order valence-electron chi connectivity index (χ0n) is 22.5. The Balaban J connectivity index is 1.29. The molecule has 1 N–H and O–H groups in total. The van der Waals surface area contributed by atoms with Gasteiger partial charge in [-0.3, -0.25) is 9.59 Å². The lowest BCUT2D eigenvalue weighted by molar-refractivity contribution is 0.0978. The fourth-order valence-electron chi connectivity index (χ4n) is 5.51. The second kappa shape index (κ2) is 11.3. The molecule has 2 aliphatic heterocycles. The highest BCUT2D eigenvalue weighted by Crippen LogP contribution is 2.42. The van der Waals surface area contributed by atoms with E-state index in [-0.39, 0.29) is 23.9 Å². The van der Waals surface area contributed by atoms with E-state index in [4.69, 9.17) is 4.98 Å². The molecule has 0 radical (unpaired) electrons. The number of pyridine rings is 1. The van der Waals surface area contributed by atoms with Crippen LogP contribution in [0, 0.1) is 12.7 Å². The zero-order valence-corrected chi connectivity index (χ0v) is 23.3. The second-order valence-corrected chi connectivity index (χ2v) is 11.3. The van der Waals surface area contributed by atoms with Gasteiger partial charge in [-0.1, -0.05) is 36.4 Å². The molecule has 1 fully saturated rings. The number of hydrogen-bond acceptors (Lipinski definition) is 6. The van der Waals surface area contributed by atoms with Gasteiger partial charge in [-0.05, 0) is 73.3 Å². The number of hydrogen-bond donors (Lipinski definition) is 1. The van der Waals surface area contributed by atoms with E-state index in [2.05, 4.69) is 10.2 Å². The van der Waals surface area contributed by atoms with Crippen LogP contribution >= 0.6 is 11.3 Å². The Labute approximate surface area is 237 Å². The quantitative estimate of drug-likeness (QED) is 0.322. The molecule has 2 aromatic heterocycles. The summed E-state index contributed by atoms with van der Waals surface area (Å²) in [7, 11) is 0. The molecule has 8 heteroatoms. The Bertz CT molecular complexity index is 1550. The van der Waals surface area contributed by atoms with Gasteiger partial charge in [0.15, 0.2) is 5.78 Å². The standard InChI is InChI=1S/C32H31FN4O2S/c1-21-7-4-9-25(33)24(21)20-28(38)29-19-22-13-17-37(27-11-3-2-8-23(27)31(22)40-29)32(39)26-10-5-12-30(35-26)36-16-6-14-34-15-18-36/h2-5,7-12,19,34H,6,13-18,20H2,1H3. The van der Waals surface area contributed by atoms with Crippen molar-refractivity contribution in [1.82, 2.24) is 10.3 Å². The molecular weight excluding hydrogens is 523 g/mol. The summed E-state index contributed by atoms with van der Waals surface area (Å²) in [5.74, 6) is 0.242. The largest absolute Gasteiger partial charge is 0.355 e. The molecule has 2 aromatic carbocycles. The first-order valence-corrected chi connectivity index (χ1v) is 14.5. The van der Waals surface area contributed by atoms with Gasteiger partial charge in [-0.15, -0.1) is 11.3 Å². The van der Waals surface area contributed by atoms with E-state index >= 15 is 0 Å². The molecule has 0 spiro atoms. The van der Waals surface area contributed by atoms with Crippen LogP contribution in [0.2, 0.25) is 0 Å². The smallest absolute Gasteiger partial charge is 0.276 e. The third-order valence-corrected chi connectivity index (χ3v) is 8.93. The third kappa shape index (κ3) is 5.17. The minimum Gasteiger partial charge on any atom is -0.355 e. The summed E-state index contributed by atoms with van der Waals surface area (Å²) in [5, 5.41) is 3.41. The Morgan fingerprint density at radius 1 is 1.00 bits per heavy atom. The molecule has 0 unspecified atom stereocenters. The fraction of sp³-hybridized carbons (Fsp3) is 0.281. The van der Waals surface area contributed by atoms with Gasteiger partial charge in [-0.2, -0.15) is 0 Å². The number of aromatic nitrogens is 1. The number of nitrogens with one attached hydrogen (secondary N) is 1. The van der Waals surface area contributed by atoms with Crippen LogP contribution in [0.15, 0.2) is 66.7 Å². The number of benzene rings is 2. The van der Waals surface area contributed by atoms with Gasteiger partial charge < -0.3 is 15.1 Å². The first-order valence-electron chi connectivity index (χ1n) is 13.7. The zero-order chi connectivity index (χ0) is 27.6. The number of thiophene rings is 1. The number of carbonyl (C=O) groups is 2. The number of rotatable bonds is 5. The number of amides is 1. The van der Waals surface area contributed by atoms with Gasteiger partial charge in [0.05, 0.1) is 10.6 Å². The fourth-order valence-corrected chi connectivity index (χ4v) is 6.70. The van der Waals surface area contributed by atoms with Crippen molar-refractivity contribution in [3.63, 3.8) is 0 Å². The molecule has 0 saturated carbocycles. The van der Waals surface area contributed by atoms with Crippen molar-refractivity contribution in [3.8, 4) is 10.4 Å². The lowest BCUT2D eigenvalue weighted by Gasteiger charge is -2.24. The van der Waals surface area contributed by atoms with Crippen molar-refractivity contribution in [1.29, 1.82) is 0 Å². The number of aryl methyl sites for hydroxylation is 1. The topological polar surface area (TPSA) is 65.5 Å². The van der Waals surface area contributed by atoms with Gasteiger partial charge in [-0.25, -0.2) is 9.37 Å². The molecular formula is C32H31FN4O2S. The number of halogens is 1. The van der Waals surface area contributed by atoms with Gasteiger partial charge in [0, 0.05) is 43.0 Å². The van der Waals surface area contributed by atoms with Crippen LogP contribution in [0.4, 0.5) is 15.9 Å². The number of para-hydroxylation sites is 1. The van der Waals surface area contributed by atoms with Gasteiger partial charge in [0.25, 0.3) is 5.91 Å². The van der Waals surface area contributed by atoms with E-state index in [9.17, 15) is 14.0 Å². The summed E-state index contributed by atoms with van der Waals surface area (Å²) in [6.07, 6.45) is 1.67. The van der Waals surface area contributed by atoms with Crippen molar-refractivity contribution < 1.29 is 14.0 Å². The molecule has 0 atom stereocenters. The molecule has 4 aromatic rings. The highest BCUT2D eigenvalue weighted by Gasteiger charge is 2.28. The maximum Gasteiger partial charge on any atom is 0.276 e. The molecule has 40 heavy (non-hydrogen) atoms. The minimum absolute atomic E-state index is 0.0270. The Morgan fingerprint density at radius 2 is 1.85 bits per heavy atom. The number of carbonyl (C=O) groups excluding carboxylic acids is 2. The van der Waals surface area contributed by atoms with Crippen LogP contribution in [0.1, 0.15) is 43.3 Å². The van der Waals surface area contributed by atoms with Crippen molar-refractivity contribution in [2.24, 2.45) is 0 Å². The lowest BCUT2D eigenvalue weighted by Crippen LogP contribution is -2.34. The SMILES string of the molecule is Cc1cccc(F)c1CC(=O)c1cc2c(s1)-c1ccccc1N(C(=O)c1cccc(N3CCCNCC3)n1)CC2. The molecule has 0 aliphatic carbocycles. The highest BCUT2D eigenvalue weighted by atomic mass is 32.1. The van der Waals surface area contributed by atoms with E-state index in [1.54, 1.807) is 12.1 Å². The number of ketones is 1. The van der Waals surface area contributed by atoms with Crippen LogP contribution < -0.4 is 15.1 Å². The average molecular weight is 555 g/mol. The van der Waals surface area contributed by atoms with Crippen LogP contribution in [0.3, 0.4) is 0 Å². The number of nitrogens with zero attached hydrogens (tertiary/aromatic N) is 3. The first-order chi connectivity index (χ1) is 19.5. The van der Waals surface area contributed by atoms with E-state index < -0.39 is 0 Å². The van der Waals surface area contributed by atoms with Crippen LogP contribution in [0.25, 0.3) is 10.4 Å². The Morgan fingerprint density at radius 3 is 2.73 bits per heavy atom. The van der Waals surface area contributed by atoms with Crippen LogP contribution in [-0.2, 0) is 12.8 Å². The molecule has 6 rings (SSSR count). The molecule has 1 amide bonds. The lowest BCUT2D eigenvalue weighted by atomic mass is 10.0. The predicted molar refractivity (Wildman–Crippen MR) is 158 cm³/mol. The predicted octanol–water partition coefficient (Wildman–Crippen LogP) is 5.69. The Hall–Kier alpha value is -3.88. The van der Waals surface area contributed by atoms with Crippen molar-refractivity contribution in [3.05, 3.63) is 99.8 Å². The molecule has 6 nitrogen and oxygen atoms in total. The van der Waals surface area contributed by atoms with Crippen molar-refractivity contribution in [2.45, 2.75) is 26.2 Å². The van der Waals surface area contributed by atoms with Gasteiger partial charge in [0.2, 0.25) is 0 Å². The normalized spacial score (nSPS) is 15.2. The average Bonchev–Trinajstić information content (AvgIpc) is 3.12. The third-order valence-electron chi connectivity index (χ3n) is 7.68. The summed E-state index contributed by atoms with van der Waals surface area (Å²) >= 11 is 1.43. The van der Waals surface area contributed by atoms with Crippen LogP contribution in [-0.4, -0.2) is 49.4 Å². The van der Waals surface area contributed by atoms with E-state index in [1.807, 2.05) is 60.4 Å². The van der Waals surface area contributed by atoms with E-state index in [1.165, 1.54) is 17.4 Å². The maximum absolute atomic E-state index is 14.4. The maximum atomic E-state index is 14.4. The second-order valence-electron chi connectivity index (χ2n) is 10.3. The van der Waals surface area contributed by atoms with E-state index in [0.717, 1.165) is 65.7 Å². The minimum atomic E-state index is -0.351. The van der Waals surface area contributed by atoms with Crippen LogP contribution in [0.5, 0.6) is 0 Å². The summed E-state index contributed by atoms with van der Waals surface area (Å²) < 4.78 is 14.4. The number of fused-ring (bicyclic) bond motifs is 3.